The Bertz CT molecular complexity index is 310. The maximum atomic E-state index is 2.34. The van der Waals surface area contributed by atoms with Crippen molar-refractivity contribution in [2.45, 2.75) is 34.6 Å². The summed E-state index contributed by atoms with van der Waals surface area (Å²) < 4.78 is 0. The van der Waals surface area contributed by atoms with Gasteiger partial charge < -0.3 is 0 Å². The standard InChI is InChI=1S/C12H18S/c1-9-6-7-13-11(9)10(2)8-12(3,4)5/h6-8H,1-5H3/b10-8+. The van der Waals surface area contributed by atoms with Gasteiger partial charge in [0.2, 0.25) is 0 Å². The van der Waals surface area contributed by atoms with Gasteiger partial charge in [0.25, 0.3) is 0 Å². The maximum Gasteiger partial charge on any atom is 0.0325 e. The number of allylic oxidation sites excluding steroid dienone is 2. The molecule has 0 saturated heterocycles. The first-order chi connectivity index (χ1) is 5.90. The Kier molecular flexibility index (Phi) is 2.97. The Morgan fingerprint density at radius 2 is 2.00 bits per heavy atom. The minimum absolute atomic E-state index is 0.278. The van der Waals surface area contributed by atoms with Crippen LogP contribution < -0.4 is 0 Å². The van der Waals surface area contributed by atoms with Crippen molar-refractivity contribution in [1.82, 2.24) is 0 Å². The van der Waals surface area contributed by atoms with Crippen molar-refractivity contribution in [3.05, 3.63) is 28.0 Å². The zero-order chi connectivity index (χ0) is 10.1. The van der Waals surface area contributed by atoms with E-state index in [1.165, 1.54) is 16.0 Å². The molecule has 0 radical (unpaired) electrons. The molecule has 0 amide bonds. The predicted octanol–water partition coefficient (Wildman–Crippen LogP) is 4.51. The van der Waals surface area contributed by atoms with Crippen LogP contribution in [-0.4, -0.2) is 0 Å². The van der Waals surface area contributed by atoms with E-state index in [1.54, 1.807) is 0 Å². The van der Waals surface area contributed by atoms with Gasteiger partial charge in [0.05, 0.1) is 0 Å². The topological polar surface area (TPSA) is 0 Å². The van der Waals surface area contributed by atoms with Gasteiger partial charge in [-0.1, -0.05) is 26.8 Å². The van der Waals surface area contributed by atoms with E-state index in [-0.39, 0.29) is 5.41 Å². The minimum Gasteiger partial charge on any atom is -0.144 e. The summed E-state index contributed by atoms with van der Waals surface area (Å²) in [6, 6.07) is 2.18. The van der Waals surface area contributed by atoms with Gasteiger partial charge >= 0.3 is 0 Å². The molecule has 0 fully saturated rings. The van der Waals surface area contributed by atoms with Crippen LogP contribution >= 0.6 is 11.3 Å². The van der Waals surface area contributed by atoms with E-state index in [2.05, 4.69) is 52.1 Å². The van der Waals surface area contributed by atoms with Crippen LogP contribution in [0.15, 0.2) is 17.5 Å². The highest BCUT2D eigenvalue weighted by Crippen LogP contribution is 2.28. The Morgan fingerprint density at radius 3 is 2.38 bits per heavy atom. The van der Waals surface area contributed by atoms with Crippen LogP contribution in [0.2, 0.25) is 0 Å². The molecule has 0 saturated carbocycles. The highest BCUT2D eigenvalue weighted by molar-refractivity contribution is 7.11. The summed E-state index contributed by atoms with van der Waals surface area (Å²) in [5.41, 5.74) is 3.07. The van der Waals surface area contributed by atoms with Gasteiger partial charge in [-0.3, -0.25) is 0 Å². The van der Waals surface area contributed by atoms with Gasteiger partial charge in [-0.15, -0.1) is 11.3 Å². The first-order valence-corrected chi connectivity index (χ1v) is 5.52. The maximum absolute atomic E-state index is 2.34. The molecule has 0 aliphatic heterocycles. The van der Waals surface area contributed by atoms with Crippen molar-refractivity contribution in [2.24, 2.45) is 5.41 Å². The smallest absolute Gasteiger partial charge is 0.0325 e. The fourth-order valence-electron chi connectivity index (χ4n) is 1.49. The fourth-order valence-corrected chi connectivity index (χ4v) is 2.40. The van der Waals surface area contributed by atoms with Crippen LogP contribution in [0.4, 0.5) is 0 Å². The fraction of sp³-hybridized carbons (Fsp3) is 0.500. The summed E-state index contributed by atoms with van der Waals surface area (Å²) in [5, 5.41) is 2.16. The first-order valence-electron chi connectivity index (χ1n) is 4.64. The van der Waals surface area contributed by atoms with E-state index in [4.69, 9.17) is 0 Å². The van der Waals surface area contributed by atoms with E-state index < -0.39 is 0 Å². The molecule has 1 heteroatoms. The number of thiophene rings is 1. The molecular formula is C12H18S. The van der Waals surface area contributed by atoms with E-state index in [0.717, 1.165) is 0 Å². The van der Waals surface area contributed by atoms with E-state index in [9.17, 15) is 0 Å². The van der Waals surface area contributed by atoms with Crippen LogP contribution in [0.25, 0.3) is 5.57 Å². The zero-order valence-corrected chi connectivity index (χ0v) is 9.96. The average Bonchev–Trinajstić information content (AvgIpc) is 2.30. The molecule has 1 rings (SSSR count). The lowest BCUT2D eigenvalue weighted by molar-refractivity contribution is 0.545. The second kappa shape index (κ2) is 3.67. The molecule has 0 atom stereocenters. The molecule has 0 spiro atoms. The van der Waals surface area contributed by atoms with Crippen LogP contribution in [0.1, 0.15) is 38.1 Å². The van der Waals surface area contributed by atoms with Crippen molar-refractivity contribution in [2.75, 3.05) is 0 Å². The third-order valence-corrected chi connectivity index (χ3v) is 3.02. The van der Waals surface area contributed by atoms with Crippen LogP contribution in [0, 0.1) is 12.3 Å². The Labute approximate surface area is 85.3 Å². The van der Waals surface area contributed by atoms with E-state index >= 15 is 0 Å². The molecule has 0 nitrogen and oxygen atoms in total. The van der Waals surface area contributed by atoms with Crippen molar-refractivity contribution < 1.29 is 0 Å². The summed E-state index contributed by atoms with van der Waals surface area (Å²) in [5.74, 6) is 0. The van der Waals surface area contributed by atoms with Crippen LogP contribution in [0.3, 0.4) is 0 Å². The molecule has 0 bridgehead atoms. The normalized spacial score (nSPS) is 13.5. The van der Waals surface area contributed by atoms with Gasteiger partial charge in [-0.2, -0.15) is 0 Å². The first kappa shape index (κ1) is 10.5. The molecular weight excluding hydrogens is 176 g/mol. The third-order valence-electron chi connectivity index (χ3n) is 1.87. The van der Waals surface area contributed by atoms with Crippen LogP contribution in [-0.2, 0) is 0 Å². The average molecular weight is 194 g/mol. The van der Waals surface area contributed by atoms with Crippen molar-refractivity contribution >= 4 is 16.9 Å². The van der Waals surface area contributed by atoms with Crippen molar-refractivity contribution in [1.29, 1.82) is 0 Å². The number of rotatable bonds is 1. The minimum atomic E-state index is 0.278. The second-order valence-corrected chi connectivity index (χ2v) is 5.54. The number of aryl methyl sites for hydroxylation is 1. The largest absolute Gasteiger partial charge is 0.144 e. The van der Waals surface area contributed by atoms with Gasteiger partial charge in [-0.25, -0.2) is 0 Å². The molecule has 0 aliphatic carbocycles. The van der Waals surface area contributed by atoms with Gasteiger partial charge in [-0.05, 0) is 41.8 Å². The molecule has 72 valence electrons. The summed E-state index contributed by atoms with van der Waals surface area (Å²) in [6.45, 7) is 11.1. The van der Waals surface area contributed by atoms with Gasteiger partial charge in [0.15, 0.2) is 0 Å². The Morgan fingerprint density at radius 1 is 1.38 bits per heavy atom. The Balaban J connectivity index is 2.98. The molecule has 1 heterocycles. The molecule has 0 aliphatic rings. The van der Waals surface area contributed by atoms with Crippen LogP contribution in [0.5, 0.6) is 0 Å². The Hall–Kier alpha value is -0.560. The molecule has 1 aromatic heterocycles. The summed E-state index contributed by atoms with van der Waals surface area (Å²) >= 11 is 1.83. The quantitative estimate of drug-likeness (QED) is 0.617. The predicted molar refractivity (Wildman–Crippen MR) is 62.2 cm³/mol. The molecule has 1 aromatic rings. The van der Waals surface area contributed by atoms with E-state index in [0.29, 0.717) is 0 Å². The lowest BCUT2D eigenvalue weighted by Gasteiger charge is -2.14. The third kappa shape index (κ3) is 3.00. The summed E-state index contributed by atoms with van der Waals surface area (Å²) in [7, 11) is 0. The number of hydrogen-bond donors (Lipinski definition) is 0. The summed E-state index contributed by atoms with van der Waals surface area (Å²) in [6.07, 6.45) is 2.34. The number of hydrogen-bond acceptors (Lipinski definition) is 1. The van der Waals surface area contributed by atoms with Crippen molar-refractivity contribution in [3.63, 3.8) is 0 Å². The molecule has 0 N–H and O–H groups in total. The highest BCUT2D eigenvalue weighted by Gasteiger charge is 2.09. The second-order valence-electron chi connectivity index (χ2n) is 4.63. The molecule has 0 unspecified atom stereocenters. The van der Waals surface area contributed by atoms with Gasteiger partial charge in [0.1, 0.15) is 0 Å². The lowest BCUT2D eigenvalue weighted by Crippen LogP contribution is -1.99. The summed E-state index contributed by atoms with van der Waals surface area (Å²) in [4.78, 5) is 1.43. The molecule has 0 aromatic carbocycles. The SMILES string of the molecule is C/C(=C\C(C)(C)C)c1sccc1C. The van der Waals surface area contributed by atoms with Crippen molar-refractivity contribution in [3.8, 4) is 0 Å². The van der Waals surface area contributed by atoms with E-state index in [1.807, 2.05) is 11.3 Å². The van der Waals surface area contributed by atoms with Gasteiger partial charge in [0, 0.05) is 4.88 Å². The zero-order valence-electron chi connectivity index (χ0n) is 9.14. The monoisotopic (exact) mass is 194 g/mol. The lowest BCUT2D eigenvalue weighted by atomic mass is 9.93. The highest BCUT2D eigenvalue weighted by atomic mass is 32.1. The molecule has 13 heavy (non-hydrogen) atoms.